The summed E-state index contributed by atoms with van der Waals surface area (Å²) in [4.78, 5) is 9.05. The number of benzene rings is 6. The first-order valence-electron chi connectivity index (χ1n) is 25.3. The van der Waals surface area contributed by atoms with Crippen molar-refractivity contribution in [2.45, 2.75) is 92.9 Å². The van der Waals surface area contributed by atoms with Gasteiger partial charge in [-0.1, -0.05) is 163 Å². The van der Waals surface area contributed by atoms with Crippen LogP contribution in [-0.2, 0) is 10.8 Å². The summed E-state index contributed by atoms with van der Waals surface area (Å²) >= 11 is 5.75. The number of rotatable bonds is 9. The van der Waals surface area contributed by atoms with Gasteiger partial charge >= 0.3 is 0 Å². The van der Waals surface area contributed by atoms with Gasteiger partial charge in [0.2, 0.25) is 0 Å². The molecule has 0 amide bonds. The monoisotopic (exact) mass is 973 g/mol. The Kier molecular flexibility index (Phi) is 11.1. The summed E-state index contributed by atoms with van der Waals surface area (Å²) in [6.45, 7) is 23.4. The molecule has 0 fully saturated rings. The standard InChI is InChI=1S/C66H60BNS3/c1-39-33-41(3)63(42(4)34-39)67(64-43(5)35-40(2)36-44(64)6)62-32-31-61(71-62)60-30-29-59(70-60)58-28-27-57(69-58)45-19-21-46(22-20-45)68(47-23-25-51-49-15-11-13-17-53(49)65(7,8)55(51)37-47)48-24-26-52-50-16-12-14-18-54(50)66(9,10)56(52)38-48/h11,13-15,17-38H,12,16H2,1-10H3. The molecule has 0 unspecified atom stereocenters. The van der Waals surface area contributed by atoms with Crippen LogP contribution in [-0.4, -0.2) is 6.71 Å². The predicted octanol–water partition coefficient (Wildman–Crippen LogP) is 17.4. The first kappa shape index (κ1) is 45.9. The normalized spacial score (nSPS) is 14.9. The van der Waals surface area contributed by atoms with Gasteiger partial charge in [0.05, 0.1) is 0 Å². The van der Waals surface area contributed by atoms with Crippen LogP contribution in [0.3, 0.4) is 0 Å². The van der Waals surface area contributed by atoms with Gasteiger partial charge in [-0.15, -0.1) is 34.0 Å². The average molecular weight is 974 g/mol. The molecule has 3 aromatic heterocycles. The third-order valence-corrected chi connectivity index (χ3v) is 19.8. The Morgan fingerprint density at radius 3 is 1.56 bits per heavy atom. The van der Waals surface area contributed by atoms with Crippen LogP contribution >= 0.6 is 34.0 Å². The molecule has 3 heterocycles. The van der Waals surface area contributed by atoms with E-state index in [1.807, 2.05) is 34.0 Å². The van der Waals surface area contributed by atoms with Gasteiger partial charge in [-0.05, 0) is 176 Å². The molecule has 6 aromatic carbocycles. The Hall–Kier alpha value is -6.24. The lowest BCUT2D eigenvalue weighted by molar-refractivity contribution is 0.651. The van der Waals surface area contributed by atoms with E-state index in [-0.39, 0.29) is 17.5 Å². The second-order valence-electron chi connectivity index (χ2n) is 21.6. The fraction of sp³-hybridized carbons (Fsp3) is 0.212. The van der Waals surface area contributed by atoms with Crippen molar-refractivity contribution in [2.75, 3.05) is 4.90 Å². The molecule has 350 valence electrons. The summed E-state index contributed by atoms with van der Waals surface area (Å²) in [7, 11) is 0. The minimum atomic E-state index is -0.0944. The van der Waals surface area contributed by atoms with Gasteiger partial charge in [-0.25, -0.2) is 0 Å². The van der Waals surface area contributed by atoms with Crippen molar-refractivity contribution < 1.29 is 0 Å². The summed E-state index contributed by atoms with van der Waals surface area (Å²) in [6, 6.07) is 56.1. The van der Waals surface area contributed by atoms with Gasteiger partial charge in [-0.3, -0.25) is 0 Å². The number of nitrogens with zero attached hydrogens (tertiary/aromatic N) is 1. The van der Waals surface area contributed by atoms with Crippen molar-refractivity contribution in [3.63, 3.8) is 0 Å². The highest BCUT2D eigenvalue weighted by molar-refractivity contribution is 7.32. The van der Waals surface area contributed by atoms with E-state index in [2.05, 4.69) is 232 Å². The molecule has 0 radical (unpaired) electrons. The van der Waals surface area contributed by atoms with Crippen molar-refractivity contribution in [1.29, 1.82) is 0 Å². The number of hydrogen-bond acceptors (Lipinski definition) is 4. The summed E-state index contributed by atoms with van der Waals surface area (Å²) in [5, 5.41) is 0. The molecule has 71 heavy (non-hydrogen) atoms. The van der Waals surface area contributed by atoms with Crippen LogP contribution < -0.4 is 20.6 Å². The molecule has 12 rings (SSSR count). The Morgan fingerprint density at radius 2 is 0.944 bits per heavy atom. The maximum absolute atomic E-state index is 2.49. The van der Waals surface area contributed by atoms with E-state index in [1.165, 1.54) is 135 Å². The molecule has 0 spiro atoms. The average Bonchev–Trinajstić information content (AvgIpc) is 4.20. The lowest BCUT2D eigenvalue weighted by Gasteiger charge is -2.30. The molecule has 0 bridgehead atoms. The molecule has 3 aliphatic rings. The number of fused-ring (bicyclic) bond motifs is 5. The maximum atomic E-state index is 2.49. The number of hydrogen-bond donors (Lipinski definition) is 0. The van der Waals surface area contributed by atoms with Gasteiger partial charge in [0.15, 0.2) is 0 Å². The van der Waals surface area contributed by atoms with Gasteiger partial charge < -0.3 is 4.90 Å². The van der Waals surface area contributed by atoms with Crippen LogP contribution in [0.25, 0.3) is 46.6 Å². The molecule has 0 aliphatic heterocycles. The lowest BCUT2D eigenvalue weighted by Crippen LogP contribution is -2.54. The second kappa shape index (κ2) is 17.2. The molecule has 3 aliphatic carbocycles. The van der Waals surface area contributed by atoms with Crippen molar-refractivity contribution >= 4 is 79.1 Å². The smallest absolute Gasteiger partial charge is 0.255 e. The van der Waals surface area contributed by atoms with E-state index < -0.39 is 0 Å². The van der Waals surface area contributed by atoms with E-state index in [0.29, 0.717) is 0 Å². The number of allylic oxidation sites excluding steroid dienone is 4. The Labute approximate surface area is 434 Å². The van der Waals surface area contributed by atoms with Crippen molar-refractivity contribution in [3.8, 4) is 41.1 Å². The van der Waals surface area contributed by atoms with Crippen LogP contribution in [0, 0.1) is 41.5 Å². The fourth-order valence-corrected chi connectivity index (χ4v) is 16.1. The zero-order valence-corrected chi connectivity index (χ0v) is 45.1. The summed E-state index contributed by atoms with van der Waals surface area (Å²) in [5.41, 5.74) is 27.0. The Morgan fingerprint density at radius 1 is 0.451 bits per heavy atom. The predicted molar refractivity (Wildman–Crippen MR) is 313 cm³/mol. The Balaban J connectivity index is 0.861. The third kappa shape index (κ3) is 7.61. The van der Waals surface area contributed by atoms with Gasteiger partial charge in [0.1, 0.15) is 0 Å². The van der Waals surface area contributed by atoms with E-state index >= 15 is 0 Å². The zero-order valence-electron chi connectivity index (χ0n) is 42.7. The van der Waals surface area contributed by atoms with Gasteiger partial charge in [0, 0.05) is 52.3 Å². The van der Waals surface area contributed by atoms with E-state index in [0.717, 1.165) is 18.5 Å². The molecule has 0 saturated heterocycles. The van der Waals surface area contributed by atoms with Gasteiger partial charge in [-0.2, -0.15) is 0 Å². The van der Waals surface area contributed by atoms with E-state index in [9.17, 15) is 0 Å². The largest absolute Gasteiger partial charge is 0.310 e. The minimum Gasteiger partial charge on any atom is -0.310 e. The number of thiophene rings is 3. The van der Waals surface area contributed by atoms with Crippen LogP contribution in [0.2, 0.25) is 0 Å². The number of aryl methyl sites for hydroxylation is 6. The van der Waals surface area contributed by atoms with Gasteiger partial charge in [0.25, 0.3) is 6.71 Å². The highest BCUT2D eigenvalue weighted by Gasteiger charge is 2.39. The highest BCUT2D eigenvalue weighted by atomic mass is 32.1. The van der Waals surface area contributed by atoms with Crippen LogP contribution in [0.15, 0.2) is 163 Å². The zero-order chi connectivity index (χ0) is 49.1. The van der Waals surface area contributed by atoms with E-state index in [1.54, 1.807) is 0 Å². The molecular formula is C66H60BNS3. The fourth-order valence-electron chi connectivity index (χ4n) is 12.8. The summed E-state index contributed by atoms with van der Waals surface area (Å²) in [5.74, 6) is 0. The van der Waals surface area contributed by atoms with Crippen molar-refractivity contribution in [1.82, 2.24) is 0 Å². The van der Waals surface area contributed by atoms with Crippen LogP contribution in [0.4, 0.5) is 17.1 Å². The minimum absolute atomic E-state index is 0.0507. The first-order chi connectivity index (χ1) is 34.1. The maximum Gasteiger partial charge on any atom is 0.255 e. The highest BCUT2D eigenvalue weighted by Crippen LogP contribution is 2.54. The topological polar surface area (TPSA) is 3.24 Å². The summed E-state index contributed by atoms with van der Waals surface area (Å²) < 4.78 is 1.40. The summed E-state index contributed by atoms with van der Waals surface area (Å²) in [6.07, 6.45) is 6.98. The second-order valence-corrected chi connectivity index (χ2v) is 24.8. The molecule has 1 nitrogen and oxygen atoms in total. The van der Waals surface area contributed by atoms with Crippen LogP contribution in [0.5, 0.6) is 0 Å². The molecule has 9 aromatic rings. The Bertz CT molecular complexity index is 3570. The molecule has 0 atom stereocenters. The first-order valence-corrected chi connectivity index (χ1v) is 27.8. The van der Waals surface area contributed by atoms with Crippen molar-refractivity contribution in [2.24, 2.45) is 0 Å². The third-order valence-electron chi connectivity index (χ3n) is 16.0. The molecular weight excluding hydrogens is 914 g/mol. The quantitative estimate of drug-likeness (QED) is 0.130. The SMILES string of the molecule is Cc1cc(C)c(B(c2ccc(-c3ccc(-c4ccc(-c5ccc(N(c6ccc7c(c6)C(C)(C)C6=C7CCC=C6)c6ccc7c(c6)C(C)(C)c6ccccc6-7)cc5)s4)s3)s2)c2c(C)cc(C)cc2C)c(C)c1. The molecule has 5 heteroatoms. The molecule has 0 N–H and O–H groups in total. The van der Waals surface area contributed by atoms with Crippen LogP contribution in [0.1, 0.15) is 96.2 Å². The number of anilines is 3. The lowest BCUT2D eigenvalue weighted by atomic mass is 9.37. The van der Waals surface area contributed by atoms with E-state index in [4.69, 9.17) is 0 Å². The van der Waals surface area contributed by atoms with Crippen molar-refractivity contribution in [3.05, 3.63) is 219 Å². The molecule has 0 saturated carbocycles.